The summed E-state index contributed by atoms with van der Waals surface area (Å²) in [6.45, 7) is 3.10. The van der Waals surface area contributed by atoms with Gasteiger partial charge in [-0.3, -0.25) is 4.79 Å². The van der Waals surface area contributed by atoms with Crippen LogP contribution < -0.4 is 10.1 Å². The molecule has 1 atom stereocenters. The Morgan fingerprint density at radius 3 is 2.85 bits per heavy atom. The minimum Gasteiger partial charge on any atom is -0.497 e. The molecular formula is C23H24N6O4. The van der Waals surface area contributed by atoms with Crippen molar-refractivity contribution in [3.05, 3.63) is 48.1 Å². The molecule has 10 heteroatoms. The molecule has 0 radical (unpaired) electrons. The van der Waals surface area contributed by atoms with Crippen molar-refractivity contribution in [2.24, 2.45) is 0 Å². The van der Waals surface area contributed by atoms with E-state index in [4.69, 9.17) is 14.0 Å². The molecule has 0 saturated carbocycles. The fourth-order valence-electron chi connectivity index (χ4n) is 3.94. The highest BCUT2D eigenvalue weighted by Crippen LogP contribution is 2.34. The first-order valence-corrected chi connectivity index (χ1v) is 10.9. The molecule has 1 N–H and O–H groups in total. The largest absolute Gasteiger partial charge is 0.497 e. The zero-order chi connectivity index (χ0) is 22.8. The van der Waals surface area contributed by atoms with E-state index in [1.807, 2.05) is 35.9 Å². The summed E-state index contributed by atoms with van der Waals surface area (Å²) in [6, 6.07) is 7.65. The maximum absolute atomic E-state index is 11.8. The molecule has 10 nitrogen and oxygen atoms in total. The molecule has 33 heavy (non-hydrogen) atoms. The smallest absolute Gasteiger partial charge is 0.307 e. The Morgan fingerprint density at radius 1 is 1.24 bits per heavy atom. The quantitative estimate of drug-likeness (QED) is 0.425. The van der Waals surface area contributed by atoms with Gasteiger partial charge in [0.2, 0.25) is 11.7 Å². The number of ether oxygens (including phenoxy) is 2. The second-order valence-corrected chi connectivity index (χ2v) is 7.84. The number of carbonyl (C=O) groups excluding carboxylic acids is 1. The molecule has 0 amide bonds. The molecule has 170 valence electrons. The first kappa shape index (κ1) is 20.9. The van der Waals surface area contributed by atoms with Gasteiger partial charge >= 0.3 is 5.97 Å². The van der Waals surface area contributed by atoms with E-state index in [0.29, 0.717) is 49.7 Å². The lowest BCUT2D eigenvalue weighted by molar-refractivity contribution is -0.147. The summed E-state index contributed by atoms with van der Waals surface area (Å²) in [5.74, 6) is 1.50. The molecule has 1 aromatic carbocycles. The van der Waals surface area contributed by atoms with Crippen LogP contribution in [0.4, 0.5) is 5.69 Å². The number of fused-ring (bicyclic) bond motifs is 1. The van der Waals surface area contributed by atoms with Crippen LogP contribution in [0.5, 0.6) is 5.75 Å². The van der Waals surface area contributed by atoms with E-state index in [-0.39, 0.29) is 12.0 Å². The average Bonchev–Trinajstić information content (AvgIpc) is 3.47. The van der Waals surface area contributed by atoms with Crippen molar-refractivity contribution < 1.29 is 18.8 Å². The van der Waals surface area contributed by atoms with Gasteiger partial charge in [-0.1, -0.05) is 17.3 Å². The Balaban J connectivity index is 1.48. The standard InChI is InChI=1S/C23H24N6O4/c1-3-29-23-18(13-25-29)21(26-15-8-9-32-20(30)11-15)17(12-24-23)22-27-19(33-28-22)10-14-4-6-16(31-2)7-5-14/h4-7,12-13,15H,3,8-11H2,1-2H3,(H,24,26). The zero-order valence-electron chi connectivity index (χ0n) is 18.4. The molecule has 1 aliphatic rings. The lowest BCUT2D eigenvalue weighted by Crippen LogP contribution is -2.31. The molecule has 0 aliphatic carbocycles. The molecule has 0 bridgehead atoms. The van der Waals surface area contributed by atoms with E-state index < -0.39 is 0 Å². The summed E-state index contributed by atoms with van der Waals surface area (Å²) in [4.78, 5) is 21.0. The number of methoxy groups -OCH3 is 1. The van der Waals surface area contributed by atoms with E-state index in [1.165, 1.54) is 0 Å². The van der Waals surface area contributed by atoms with E-state index in [0.717, 1.165) is 28.0 Å². The molecular weight excluding hydrogens is 424 g/mol. The Labute approximate surface area is 189 Å². The number of nitrogens with one attached hydrogen (secondary N) is 1. The first-order chi connectivity index (χ1) is 16.1. The topological polar surface area (TPSA) is 117 Å². The molecule has 1 unspecified atom stereocenters. The van der Waals surface area contributed by atoms with Crippen molar-refractivity contribution in [2.75, 3.05) is 19.0 Å². The van der Waals surface area contributed by atoms with Crippen molar-refractivity contribution in [3.8, 4) is 17.1 Å². The number of anilines is 1. The van der Waals surface area contributed by atoms with Gasteiger partial charge < -0.3 is 19.3 Å². The minimum atomic E-state index is -0.212. The first-order valence-electron chi connectivity index (χ1n) is 10.9. The second-order valence-electron chi connectivity index (χ2n) is 7.84. The number of esters is 1. The minimum absolute atomic E-state index is 0.0637. The number of benzene rings is 1. The van der Waals surface area contributed by atoms with E-state index >= 15 is 0 Å². The number of cyclic esters (lactones) is 1. The second kappa shape index (κ2) is 8.89. The van der Waals surface area contributed by atoms with Gasteiger partial charge in [0.15, 0.2) is 5.65 Å². The predicted octanol–water partition coefficient (Wildman–Crippen LogP) is 3.22. The highest BCUT2D eigenvalue weighted by Gasteiger charge is 2.25. The molecule has 4 aromatic rings. The maximum atomic E-state index is 11.8. The molecule has 4 heterocycles. The molecule has 3 aromatic heterocycles. The molecule has 5 rings (SSSR count). The number of carbonyl (C=O) groups is 1. The summed E-state index contributed by atoms with van der Waals surface area (Å²) >= 11 is 0. The SMILES string of the molecule is CCn1ncc2c(NC3CCOC(=O)C3)c(-c3noc(Cc4ccc(OC)cc4)n3)cnc21. The number of hydrogen-bond donors (Lipinski definition) is 1. The van der Waals surface area contributed by atoms with E-state index in [1.54, 1.807) is 19.5 Å². The van der Waals surface area contributed by atoms with Crippen LogP contribution in [-0.4, -0.2) is 50.6 Å². The van der Waals surface area contributed by atoms with Crippen molar-refractivity contribution in [1.29, 1.82) is 0 Å². The van der Waals surface area contributed by atoms with Crippen LogP contribution in [0.3, 0.4) is 0 Å². The zero-order valence-corrected chi connectivity index (χ0v) is 18.4. The fraction of sp³-hybridized carbons (Fsp3) is 0.348. The number of nitrogens with zero attached hydrogens (tertiary/aromatic N) is 5. The van der Waals surface area contributed by atoms with E-state index in [9.17, 15) is 4.79 Å². The third kappa shape index (κ3) is 4.23. The van der Waals surface area contributed by atoms with Crippen molar-refractivity contribution >= 4 is 22.7 Å². The Morgan fingerprint density at radius 2 is 2.09 bits per heavy atom. The number of aryl methyl sites for hydroxylation is 1. The van der Waals surface area contributed by atoms with Crippen LogP contribution in [0.2, 0.25) is 0 Å². The van der Waals surface area contributed by atoms with Crippen molar-refractivity contribution in [3.63, 3.8) is 0 Å². The third-order valence-electron chi connectivity index (χ3n) is 5.68. The van der Waals surface area contributed by atoms with Crippen LogP contribution in [-0.2, 0) is 22.5 Å². The molecule has 1 saturated heterocycles. The lowest BCUT2D eigenvalue weighted by atomic mass is 10.1. The van der Waals surface area contributed by atoms with Crippen LogP contribution in [0, 0.1) is 0 Å². The highest BCUT2D eigenvalue weighted by atomic mass is 16.5. The summed E-state index contributed by atoms with van der Waals surface area (Å²) in [5, 5.41) is 13.0. The van der Waals surface area contributed by atoms with Crippen LogP contribution >= 0.6 is 0 Å². The summed E-state index contributed by atoms with van der Waals surface area (Å²) in [6.07, 6.45) is 5.00. The predicted molar refractivity (Wildman–Crippen MR) is 120 cm³/mol. The summed E-state index contributed by atoms with van der Waals surface area (Å²) < 4.78 is 17.7. The van der Waals surface area contributed by atoms with Crippen LogP contribution in [0.15, 0.2) is 41.2 Å². The molecule has 1 aliphatic heterocycles. The van der Waals surface area contributed by atoms with Crippen molar-refractivity contribution in [2.45, 2.75) is 38.8 Å². The van der Waals surface area contributed by atoms with Gasteiger partial charge in [-0.05, 0) is 24.6 Å². The van der Waals surface area contributed by atoms with Gasteiger partial charge in [0, 0.05) is 25.2 Å². The lowest BCUT2D eigenvalue weighted by Gasteiger charge is -2.24. The number of rotatable bonds is 7. The fourth-order valence-corrected chi connectivity index (χ4v) is 3.94. The average molecular weight is 448 g/mol. The van der Waals surface area contributed by atoms with Gasteiger partial charge in [0.05, 0.1) is 49.4 Å². The van der Waals surface area contributed by atoms with Gasteiger partial charge in [-0.15, -0.1) is 0 Å². The van der Waals surface area contributed by atoms with Crippen molar-refractivity contribution in [1.82, 2.24) is 24.9 Å². The van der Waals surface area contributed by atoms with Crippen LogP contribution in [0.25, 0.3) is 22.4 Å². The molecule has 0 spiro atoms. The third-order valence-corrected chi connectivity index (χ3v) is 5.68. The Bertz CT molecular complexity index is 1280. The normalized spacial score (nSPS) is 16.1. The van der Waals surface area contributed by atoms with Gasteiger partial charge in [-0.2, -0.15) is 10.1 Å². The Hall–Kier alpha value is -3.95. The summed E-state index contributed by atoms with van der Waals surface area (Å²) in [7, 11) is 1.64. The highest BCUT2D eigenvalue weighted by molar-refractivity contribution is 5.97. The monoisotopic (exact) mass is 448 g/mol. The Kier molecular flexibility index (Phi) is 5.64. The number of aromatic nitrogens is 5. The van der Waals surface area contributed by atoms with Crippen LogP contribution in [0.1, 0.15) is 31.2 Å². The van der Waals surface area contributed by atoms with Gasteiger partial charge in [-0.25, -0.2) is 9.67 Å². The number of pyridine rings is 1. The van der Waals surface area contributed by atoms with Gasteiger partial charge in [0.25, 0.3) is 0 Å². The van der Waals surface area contributed by atoms with E-state index in [2.05, 4.69) is 25.5 Å². The van der Waals surface area contributed by atoms with Gasteiger partial charge in [0.1, 0.15) is 5.75 Å². The maximum Gasteiger partial charge on any atom is 0.307 e. The summed E-state index contributed by atoms with van der Waals surface area (Å²) in [5.41, 5.74) is 3.27. The number of hydrogen-bond acceptors (Lipinski definition) is 9. The molecule has 1 fully saturated rings.